The van der Waals surface area contributed by atoms with Crippen LogP contribution in [0.2, 0.25) is 0 Å². The second-order valence-corrected chi connectivity index (χ2v) is 6.28. The maximum absolute atomic E-state index is 12.2. The number of rotatable bonds is 6. The number of benzene rings is 1. The second-order valence-electron chi connectivity index (χ2n) is 6.28. The lowest BCUT2D eigenvalue weighted by Gasteiger charge is -2.11. The predicted octanol–water partition coefficient (Wildman–Crippen LogP) is 1.37. The van der Waals surface area contributed by atoms with Gasteiger partial charge in [0, 0.05) is 18.7 Å². The lowest BCUT2D eigenvalue weighted by molar-refractivity contribution is -0.125. The molecular weight excluding hydrogens is 334 g/mol. The van der Waals surface area contributed by atoms with Crippen LogP contribution in [0.5, 0.6) is 0 Å². The number of aromatic amines is 1. The van der Waals surface area contributed by atoms with Gasteiger partial charge in [-0.05, 0) is 43.5 Å². The van der Waals surface area contributed by atoms with Crippen LogP contribution in [0.4, 0.5) is 4.79 Å². The molecule has 4 amide bonds. The van der Waals surface area contributed by atoms with Crippen molar-refractivity contribution in [3.8, 4) is 11.3 Å². The Balaban J connectivity index is 1.52. The zero-order valence-electron chi connectivity index (χ0n) is 14.8. The Morgan fingerprint density at radius 3 is 2.73 bits per heavy atom. The molecule has 0 bridgehead atoms. The van der Waals surface area contributed by atoms with Crippen molar-refractivity contribution in [3.63, 3.8) is 0 Å². The van der Waals surface area contributed by atoms with Crippen LogP contribution in [0, 0.1) is 13.8 Å². The fourth-order valence-corrected chi connectivity index (χ4v) is 2.70. The van der Waals surface area contributed by atoms with Crippen molar-refractivity contribution >= 4 is 17.8 Å². The largest absolute Gasteiger partial charge is 0.351 e. The molecule has 0 saturated carbocycles. The summed E-state index contributed by atoms with van der Waals surface area (Å²) in [4.78, 5) is 36.2. The Morgan fingerprint density at radius 1 is 1.23 bits per heavy atom. The molecule has 1 aromatic heterocycles. The molecule has 0 radical (unpaired) electrons. The zero-order chi connectivity index (χ0) is 18.7. The van der Waals surface area contributed by atoms with Crippen LogP contribution in [-0.4, -0.2) is 52.6 Å². The van der Waals surface area contributed by atoms with Gasteiger partial charge in [-0.15, -0.1) is 0 Å². The molecule has 1 fully saturated rings. The molecular formula is C18H21N5O3. The summed E-state index contributed by atoms with van der Waals surface area (Å²) in [6.07, 6.45) is 0.489. The van der Waals surface area contributed by atoms with E-state index in [-0.39, 0.29) is 30.9 Å². The molecule has 1 aliphatic heterocycles. The smallest absolute Gasteiger partial charge is 0.324 e. The van der Waals surface area contributed by atoms with Crippen LogP contribution in [0.15, 0.2) is 24.3 Å². The van der Waals surface area contributed by atoms with Gasteiger partial charge in [0.05, 0.1) is 12.2 Å². The Morgan fingerprint density at radius 2 is 2.04 bits per heavy atom. The number of carbonyl (C=O) groups excluding carboxylic acids is 3. The summed E-state index contributed by atoms with van der Waals surface area (Å²) in [5, 5.41) is 12.2. The summed E-state index contributed by atoms with van der Waals surface area (Å²) in [6.45, 7) is 4.75. The van der Waals surface area contributed by atoms with Crippen molar-refractivity contribution in [3.05, 3.63) is 41.1 Å². The van der Waals surface area contributed by atoms with E-state index in [1.54, 1.807) is 6.07 Å². The number of aryl methyl sites for hydroxylation is 2. The number of H-pyrrole nitrogens is 1. The summed E-state index contributed by atoms with van der Waals surface area (Å²) < 4.78 is 0. The molecule has 1 aliphatic rings. The average Bonchev–Trinajstić information content (AvgIpc) is 3.22. The fraction of sp³-hybridized carbons (Fsp3) is 0.333. The first-order valence-electron chi connectivity index (χ1n) is 8.45. The summed E-state index contributed by atoms with van der Waals surface area (Å²) in [7, 11) is 0. The van der Waals surface area contributed by atoms with E-state index < -0.39 is 0 Å². The van der Waals surface area contributed by atoms with E-state index in [9.17, 15) is 14.4 Å². The summed E-state index contributed by atoms with van der Waals surface area (Å²) in [6, 6.07) is 7.35. The third-order valence-electron chi connectivity index (χ3n) is 4.41. The Bertz CT molecular complexity index is 842. The zero-order valence-corrected chi connectivity index (χ0v) is 14.8. The van der Waals surface area contributed by atoms with Crippen molar-refractivity contribution < 1.29 is 14.4 Å². The lowest BCUT2D eigenvalue weighted by Crippen LogP contribution is -2.34. The second kappa shape index (κ2) is 7.38. The van der Waals surface area contributed by atoms with E-state index in [0.717, 1.165) is 16.0 Å². The summed E-state index contributed by atoms with van der Waals surface area (Å²) in [5.74, 6) is -0.516. The molecule has 8 nitrogen and oxygen atoms in total. The highest BCUT2D eigenvalue weighted by atomic mass is 16.2. The molecule has 2 heterocycles. The highest BCUT2D eigenvalue weighted by Crippen LogP contribution is 2.20. The molecule has 0 spiro atoms. The number of hydrogen-bond donors (Lipinski definition) is 3. The van der Waals surface area contributed by atoms with Gasteiger partial charge >= 0.3 is 6.03 Å². The number of urea groups is 1. The van der Waals surface area contributed by atoms with E-state index in [0.29, 0.717) is 24.4 Å². The molecule has 3 N–H and O–H groups in total. The van der Waals surface area contributed by atoms with Gasteiger partial charge in [-0.1, -0.05) is 12.1 Å². The van der Waals surface area contributed by atoms with Gasteiger partial charge < -0.3 is 10.6 Å². The van der Waals surface area contributed by atoms with E-state index in [2.05, 4.69) is 20.8 Å². The van der Waals surface area contributed by atoms with Crippen molar-refractivity contribution in [2.45, 2.75) is 20.3 Å². The SMILES string of the molecule is Cc1ccc(-c2cc(C(=O)NCCCN3C(=O)CNC3=O)[nH]n2)cc1C. The minimum absolute atomic E-state index is 0.0423. The van der Waals surface area contributed by atoms with Gasteiger partial charge in [0.1, 0.15) is 5.69 Å². The van der Waals surface area contributed by atoms with E-state index in [4.69, 9.17) is 0 Å². The number of amides is 4. The Labute approximate surface area is 151 Å². The van der Waals surface area contributed by atoms with Crippen LogP contribution < -0.4 is 10.6 Å². The Kier molecular flexibility index (Phi) is 5.01. The number of aromatic nitrogens is 2. The van der Waals surface area contributed by atoms with Crippen molar-refractivity contribution in [1.82, 2.24) is 25.7 Å². The van der Waals surface area contributed by atoms with Crippen LogP contribution >= 0.6 is 0 Å². The molecule has 1 aromatic carbocycles. The first kappa shape index (κ1) is 17.7. The fourth-order valence-electron chi connectivity index (χ4n) is 2.70. The third kappa shape index (κ3) is 3.74. The number of imide groups is 1. The first-order valence-corrected chi connectivity index (χ1v) is 8.45. The van der Waals surface area contributed by atoms with Crippen LogP contribution in [0.25, 0.3) is 11.3 Å². The highest BCUT2D eigenvalue weighted by molar-refractivity contribution is 6.01. The molecule has 2 aromatic rings. The lowest BCUT2D eigenvalue weighted by atomic mass is 10.0. The number of hydrogen-bond acceptors (Lipinski definition) is 4. The molecule has 26 heavy (non-hydrogen) atoms. The standard InChI is InChI=1S/C18H21N5O3/c1-11-4-5-13(8-12(11)2)14-9-15(22-21-14)17(25)19-6-3-7-23-16(24)10-20-18(23)26/h4-5,8-9H,3,6-7,10H2,1-2H3,(H,19,25)(H,20,26)(H,21,22). The summed E-state index contributed by atoms with van der Waals surface area (Å²) in [5.41, 5.74) is 4.39. The monoisotopic (exact) mass is 355 g/mol. The highest BCUT2D eigenvalue weighted by Gasteiger charge is 2.27. The first-order chi connectivity index (χ1) is 12.5. The molecule has 1 saturated heterocycles. The Hall–Kier alpha value is -3.16. The predicted molar refractivity (Wildman–Crippen MR) is 95.6 cm³/mol. The van der Waals surface area contributed by atoms with Gasteiger partial charge in [-0.3, -0.25) is 19.6 Å². The molecule has 8 heteroatoms. The van der Waals surface area contributed by atoms with Crippen LogP contribution in [0.3, 0.4) is 0 Å². The van der Waals surface area contributed by atoms with E-state index >= 15 is 0 Å². The minimum atomic E-state index is -0.382. The average molecular weight is 355 g/mol. The van der Waals surface area contributed by atoms with Crippen molar-refractivity contribution in [2.75, 3.05) is 19.6 Å². The van der Waals surface area contributed by atoms with Crippen LogP contribution in [-0.2, 0) is 4.79 Å². The van der Waals surface area contributed by atoms with Gasteiger partial charge in [0.25, 0.3) is 5.91 Å². The van der Waals surface area contributed by atoms with Crippen molar-refractivity contribution in [1.29, 1.82) is 0 Å². The number of nitrogens with one attached hydrogen (secondary N) is 3. The molecule has 136 valence electrons. The van der Waals surface area contributed by atoms with E-state index in [1.165, 1.54) is 5.56 Å². The molecule has 0 atom stereocenters. The minimum Gasteiger partial charge on any atom is -0.351 e. The van der Waals surface area contributed by atoms with Gasteiger partial charge in [0.15, 0.2) is 0 Å². The molecule has 3 rings (SSSR count). The van der Waals surface area contributed by atoms with E-state index in [1.807, 2.05) is 32.0 Å². The maximum Gasteiger partial charge on any atom is 0.324 e. The van der Waals surface area contributed by atoms with Crippen molar-refractivity contribution in [2.24, 2.45) is 0 Å². The topological polar surface area (TPSA) is 107 Å². The van der Waals surface area contributed by atoms with Gasteiger partial charge in [-0.2, -0.15) is 5.10 Å². The number of nitrogens with zero attached hydrogens (tertiary/aromatic N) is 2. The van der Waals surface area contributed by atoms with Gasteiger partial charge in [-0.25, -0.2) is 4.79 Å². The maximum atomic E-state index is 12.2. The summed E-state index contributed by atoms with van der Waals surface area (Å²) >= 11 is 0. The quantitative estimate of drug-likeness (QED) is 0.537. The number of carbonyl (C=O) groups is 3. The third-order valence-corrected chi connectivity index (χ3v) is 4.41. The van der Waals surface area contributed by atoms with Crippen LogP contribution in [0.1, 0.15) is 28.0 Å². The molecule has 0 aliphatic carbocycles. The van der Waals surface area contributed by atoms with Gasteiger partial charge in [0.2, 0.25) is 5.91 Å². The normalized spacial score (nSPS) is 13.8. The molecule has 0 unspecified atom stereocenters.